The van der Waals surface area contributed by atoms with Crippen molar-refractivity contribution in [2.75, 3.05) is 19.7 Å². The van der Waals surface area contributed by atoms with Crippen LogP contribution in [0.4, 0.5) is 0 Å². The van der Waals surface area contributed by atoms with Crippen LogP contribution < -0.4 is 5.32 Å². The van der Waals surface area contributed by atoms with E-state index in [1.807, 2.05) is 13.0 Å². The Morgan fingerprint density at radius 2 is 2.06 bits per heavy atom. The zero-order valence-corrected chi connectivity index (χ0v) is 11.1. The molecule has 0 aromatic rings. The van der Waals surface area contributed by atoms with Crippen molar-refractivity contribution in [2.24, 2.45) is 5.41 Å². The summed E-state index contributed by atoms with van der Waals surface area (Å²) in [5.41, 5.74) is 0.454. The molecule has 17 heavy (non-hydrogen) atoms. The summed E-state index contributed by atoms with van der Waals surface area (Å²) >= 11 is 0. The summed E-state index contributed by atoms with van der Waals surface area (Å²) in [4.78, 5) is 11.0. The molecule has 0 radical (unpaired) electrons. The highest BCUT2D eigenvalue weighted by Crippen LogP contribution is 2.34. The number of ether oxygens (including phenoxy) is 1. The van der Waals surface area contributed by atoms with E-state index >= 15 is 0 Å². The predicted octanol–water partition coefficient (Wildman–Crippen LogP) is 2.67. The molecule has 1 aliphatic rings. The van der Waals surface area contributed by atoms with Crippen LogP contribution in [0, 0.1) is 5.41 Å². The van der Waals surface area contributed by atoms with Gasteiger partial charge in [0.25, 0.3) is 0 Å². The van der Waals surface area contributed by atoms with Gasteiger partial charge in [0.2, 0.25) is 0 Å². The van der Waals surface area contributed by atoms with Crippen LogP contribution in [0.2, 0.25) is 0 Å². The molecule has 1 aliphatic carbocycles. The maximum absolute atomic E-state index is 11.0. The van der Waals surface area contributed by atoms with Crippen LogP contribution in [0.3, 0.4) is 0 Å². The van der Waals surface area contributed by atoms with Crippen molar-refractivity contribution in [3.63, 3.8) is 0 Å². The van der Waals surface area contributed by atoms with Crippen molar-refractivity contribution in [3.8, 4) is 0 Å². The average molecular weight is 239 g/mol. The lowest BCUT2D eigenvalue weighted by atomic mass is 9.76. The smallest absolute Gasteiger partial charge is 0.330 e. The largest absolute Gasteiger partial charge is 0.463 e. The summed E-state index contributed by atoms with van der Waals surface area (Å²) in [6.07, 6.45) is 10.1. The van der Waals surface area contributed by atoms with E-state index < -0.39 is 0 Å². The van der Waals surface area contributed by atoms with Gasteiger partial charge in [0, 0.05) is 19.2 Å². The molecule has 0 spiro atoms. The Balaban J connectivity index is 2.12. The quantitative estimate of drug-likeness (QED) is 0.440. The van der Waals surface area contributed by atoms with Crippen molar-refractivity contribution in [2.45, 2.75) is 46.0 Å². The molecule has 1 N–H and O–H groups in total. The third kappa shape index (κ3) is 5.87. The molecular formula is C14H25NO2. The van der Waals surface area contributed by atoms with Gasteiger partial charge in [-0.15, -0.1) is 0 Å². The molecule has 0 unspecified atom stereocenters. The number of hydrogen-bond acceptors (Lipinski definition) is 3. The highest BCUT2D eigenvalue weighted by atomic mass is 16.5. The van der Waals surface area contributed by atoms with Crippen LogP contribution in [0.1, 0.15) is 46.0 Å². The Morgan fingerprint density at radius 1 is 1.35 bits per heavy atom. The van der Waals surface area contributed by atoms with Gasteiger partial charge in [0.15, 0.2) is 0 Å². The maximum Gasteiger partial charge on any atom is 0.330 e. The van der Waals surface area contributed by atoms with Crippen molar-refractivity contribution < 1.29 is 9.53 Å². The molecule has 0 aromatic carbocycles. The number of carbonyl (C=O) groups excluding carboxylic acids is 1. The first-order chi connectivity index (χ1) is 8.16. The van der Waals surface area contributed by atoms with Crippen LogP contribution in [-0.4, -0.2) is 25.7 Å². The van der Waals surface area contributed by atoms with E-state index in [1.165, 1.54) is 38.2 Å². The monoisotopic (exact) mass is 239 g/mol. The SMILES string of the molecule is CCOC(=O)/C=C/CNCC1(C)CCCCC1. The molecule has 0 aromatic heterocycles. The van der Waals surface area contributed by atoms with E-state index in [4.69, 9.17) is 4.74 Å². The molecule has 3 nitrogen and oxygen atoms in total. The zero-order valence-electron chi connectivity index (χ0n) is 11.1. The number of hydrogen-bond donors (Lipinski definition) is 1. The number of carbonyl (C=O) groups is 1. The Morgan fingerprint density at radius 3 is 2.71 bits per heavy atom. The highest BCUT2D eigenvalue weighted by molar-refractivity contribution is 5.81. The van der Waals surface area contributed by atoms with Crippen LogP contribution in [-0.2, 0) is 9.53 Å². The summed E-state index contributed by atoms with van der Waals surface area (Å²) in [6.45, 7) is 6.39. The van der Waals surface area contributed by atoms with Gasteiger partial charge in [0.05, 0.1) is 6.61 Å². The Kier molecular flexibility index (Phi) is 6.27. The molecule has 3 heteroatoms. The van der Waals surface area contributed by atoms with Crippen molar-refractivity contribution in [1.82, 2.24) is 5.32 Å². The topological polar surface area (TPSA) is 38.3 Å². The van der Waals surface area contributed by atoms with Crippen LogP contribution in [0.25, 0.3) is 0 Å². The Bertz CT molecular complexity index is 255. The highest BCUT2D eigenvalue weighted by Gasteiger charge is 2.25. The molecule has 0 amide bonds. The molecule has 1 fully saturated rings. The van der Waals surface area contributed by atoms with Crippen LogP contribution in [0.5, 0.6) is 0 Å². The first-order valence-electron chi connectivity index (χ1n) is 6.70. The van der Waals surface area contributed by atoms with Crippen LogP contribution in [0.15, 0.2) is 12.2 Å². The van der Waals surface area contributed by atoms with Gasteiger partial charge in [-0.3, -0.25) is 0 Å². The molecular weight excluding hydrogens is 214 g/mol. The van der Waals surface area contributed by atoms with E-state index in [2.05, 4.69) is 12.2 Å². The van der Waals surface area contributed by atoms with Gasteiger partial charge in [-0.2, -0.15) is 0 Å². The van der Waals surface area contributed by atoms with E-state index in [0.29, 0.717) is 12.0 Å². The zero-order chi connectivity index (χ0) is 12.6. The third-order valence-corrected chi connectivity index (χ3v) is 3.42. The molecule has 0 bridgehead atoms. The molecule has 1 rings (SSSR count). The van der Waals surface area contributed by atoms with Gasteiger partial charge < -0.3 is 10.1 Å². The molecule has 0 atom stereocenters. The first kappa shape index (κ1) is 14.2. The lowest BCUT2D eigenvalue weighted by molar-refractivity contribution is -0.137. The third-order valence-electron chi connectivity index (χ3n) is 3.42. The van der Waals surface area contributed by atoms with E-state index in [-0.39, 0.29) is 5.97 Å². The van der Waals surface area contributed by atoms with Gasteiger partial charge in [0.1, 0.15) is 0 Å². The minimum absolute atomic E-state index is 0.252. The van der Waals surface area contributed by atoms with Crippen molar-refractivity contribution in [1.29, 1.82) is 0 Å². The maximum atomic E-state index is 11.0. The Hall–Kier alpha value is -0.830. The second-order valence-corrected chi connectivity index (χ2v) is 5.16. The Labute approximate surface area is 105 Å². The van der Waals surface area contributed by atoms with Gasteiger partial charge in [-0.25, -0.2) is 4.79 Å². The average Bonchev–Trinajstić information content (AvgIpc) is 2.30. The summed E-state index contributed by atoms with van der Waals surface area (Å²) in [5.74, 6) is -0.252. The van der Waals surface area contributed by atoms with E-state index in [9.17, 15) is 4.79 Å². The molecule has 1 saturated carbocycles. The molecule has 0 aliphatic heterocycles. The van der Waals surface area contributed by atoms with Gasteiger partial charge >= 0.3 is 5.97 Å². The van der Waals surface area contributed by atoms with Crippen molar-refractivity contribution in [3.05, 3.63) is 12.2 Å². The van der Waals surface area contributed by atoms with E-state index in [0.717, 1.165) is 13.1 Å². The lowest BCUT2D eigenvalue weighted by Gasteiger charge is -2.33. The predicted molar refractivity (Wildman–Crippen MR) is 69.8 cm³/mol. The summed E-state index contributed by atoms with van der Waals surface area (Å²) in [5, 5.41) is 3.40. The number of rotatable bonds is 6. The van der Waals surface area contributed by atoms with Gasteiger partial charge in [-0.05, 0) is 25.2 Å². The van der Waals surface area contributed by atoms with Crippen molar-refractivity contribution >= 4 is 5.97 Å². The molecule has 0 saturated heterocycles. The fourth-order valence-electron chi connectivity index (χ4n) is 2.38. The summed E-state index contributed by atoms with van der Waals surface area (Å²) in [6, 6.07) is 0. The second-order valence-electron chi connectivity index (χ2n) is 5.16. The molecule has 0 heterocycles. The summed E-state index contributed by atoms with van der Waals surface area (Å²) < 4.78 is 4.80. The fraction of sp³-hybridized carbons (Fsp3) is 0.786. The second kappa shape index (κ2) is 7.49. The van der Waals surface area contributed by atoms with E-state index in [1.54, 1.807) is 0 Å². The summed E-state index contributed by atoms with van der Waals surface area (Å²) in [7, 11) is 0. The van der Waals surface area contributed by atoms with Gasteiger partial charge in [-0.1, -0.05) is 32.3 Å². The normalized spacial score (nSPS) is 19.4. The minimum Gasteiger partial charge on any atom is -0.463 e. The first-order valence-corrected chi connectivity index (χ1v) is 6.70. The number of nitrogens with one attached hydrogen (secondary N) is 1. The van der Waals surface area contributed by atoms with Crippen LogP contribution >= 0.6 is 0 Å². The lowest BCUT2D eigenvalue weighted by Crippen LogP contribution is -2.33. The number of esters is 1. The minimum atomic E-state index is -0.252. The fourth-order valence-corrected chi connectivity index (χ4v) is 2.38. The standard InChI is InChI=1S/C14H25NO2/c1-3-17-13(16)8-7-11-15-12-14(2)9-5-4-6-10-14/h7-8,15H,3-6,9-12H2,1-2H3/b8-7+. The molecule has 98 valence electrons.